The predicted molar refractivity (Wildman–Crippen MR) is 107 cm³/mol. The SMILES string of the molecule is CCOCC[NH+]1CC[NH+]([C@H]2c3ccccc3CSc3ccccc32)CC1. The molecule has 2 aliphatic rings. The second-order valence-electron chi connectivity index (χ2n) is 7.31. The van der Waals surface area contributed by atoms with Crippen molar-refractivity contribution in [2.45, 2.75) is 23.6 Å². The molecule has 0 aromatic heterocycles. The Balaban J connectivity index is 1.56. The highest BCUT2D eigenvalue weighted by Gasteiger charge is 2.35. The van der Waals surface area contributed by atoms with Crippen LogP contribution in [0, 0.1) is 0 Å². The van der Waals surface area contributed by atoms with Crippen molar-refractivity contribution >= 4 is 11.8 Å². The van der Waals surface area contributed by atoms with Crippen LogP contribution >= 0.6 is 11.8 Å². The molecule has 0 bridgehead atoms. The van der Waals surface area contributed by atoms with E-state index in [-0.39, 0.29) is 0 Å². The summed E-state index contributed by atoms with van der Waals surface area (Å²) in [5.41, 5.74) is 4.57. The molecule has 1 fully saturated rings. The van der Waals surface area contributed by atoms with E-state index in [0.717, 1.165) is 25.5 Å². The first-order valence-corrected chi connectivity index (χ1v) is 10.9. The molecule has 3 nitrogen and oxygen atoms in total. The Bertz CT molecular complexity index is 680. The van der Waals surface area contributed by atoms with Crippen LogP contribution in [0.3, 0.4) is 0 Å². The van der Waals surface area contributed by atoms with Crippen LogP contribution in [0.25, 0.3) is 0 Å². The van der Waals surface area contributed by atoms with E-state index in [0.29, 0.717) is 6.04 Å². The highest BCUT2D eigenvalue weighted by Crippen LogP contribution is 2.37. The third kappa shape index (κ3) is 3.84. The Morgan fingerprint density at radius 2 is 1.69 bits per heavy atom. The molecular formula is C22H30N2OS+2. The van der Waals surface area contributed by atoms with Crippen LogP contribution < -0.4 is 9.80 Å². The number of fused-ring (bicyclic) bond motifs is 2. The van der Waals surface area contributed by atoms with Crippen LogP contribution in [0.5, 0.6) is 0 Å². The highest BCUT2D eigenvalue weighted by atomic mass is 32.2. The summed E-state index contributed by atoms with van der Waals surface area (Å²) >= 11 is 2.00. The van der Waals surface area contributed by atoms with Gasteiger partial charge in [-0.1, -0.05) is 42.5 Å². The van der Waals surface area contributed by atoms with E-state index < -0.39 is 0 Å². The van der Waals surface area contributed by atoms with Gasteiger partial charge in [-0.3, -0.25) is 0 Å². The largest absolute Gasteiger partial charge is 0.376 e. The average Bonchev–Trinajstić information content (AvgIpc) is 2.86. The number of hydrogen-bond donors (Lipinski definition) is 2. The lowest BCUT2D eigenvalue weighted by molar-refractivity contribution is -1.02. The molecule has 0 amide bonds. The van der Waals surface area contributed by atoms with Crippen molar-refractivity contribution in [1.82, 2.24) is 0 Å². The first-order valence-electron chi connectivity index (χ1n) is 9.92. The van der Waals surface area contributed by atoms with E-state index >= 15 is 0 Å². The van der Waals surface area contributed by atoms with E-state index in [1.807, 2.05) is 11.8 Å². The molecule has 2 aromatic carbocycles. The van der Waals surface area contributed by atoms with Crippen LogP contribution in [0.1, 0.15) is 29.7 Å². The fraction of sp³-hybridized carbons (Fsp3) is 0.455. The average molecular weight is 371 g/mol. The predicted octanol–water partition coefficient (Wildman–Crippen LogP) is 1.20. The zero-order valence-electron chi connectivity index (χ0n) is 15.7. The molecule has 2 aromatic rings. The maximum Gasteiger partial charge on any atom is 0.141 e. The number of benzene rings is 2. The number of ether oxygens (including phenoxy) is 1. The summed E-state index contributed by atoms with van der Waals surface area (Å²) in [4.78, 5) is 4.90. The normalized spacial score (nSPS) is 25.2. The maximum atomic E-state index is 5.56. The first-order chi connectivity index (χ1) is 12.9. The molecule has 0 unspecified atom stereocenters. The molecule has 0 aliphatic carbocycles. The maximum absolute atomic E-state index is 5.56. The van der Waals surface area contributed by atoms with E-state index in [4.69, 9.17) is 4.74 Å². The quantitative estimate of drug-likeness (QED) is 0.771. The van der Waals surface area contributed by atoms with Gasteiger partial charge in [-0.05, 0) is 18.6 Å². The summed E-state index contributed by atoms with van der Waals surface area (Å²) in [7, 11) is 0. The van der Waals surface area contributed by atoms with Crippen LogP contribution in [0.15, 0.2) is 53.4 Å². The van der Waals surface area contributed by atoms with Gasteiger partial charge in [-0.25, -0.2) is 0 Å². The van der Waals surface area contributed by atoms with Crippen molar-refractivity contribution in [3.05, 3.63) is 65.2 Å². The van der Waals surface area contributed by atoms with Crippen LogP contribution in [0.4, 0.5) is 0 Å². The van der Waals surface area contributed by atoms with Crippen molar-refractivity contribution in [3.8, 4) is 0 Å². The number of thioether (sulfide) groups is 1. The smallest absolute Gasteiger partial charge is 0.141 e. The lowest BCUT2D eigenvalue weighted by atomic mass is 9.93. The monoisotopic (exact) mass is 370 g/mol. The van der Waals surface area contributed by atoms with E-state index in [1.54, 1.807) is 9.80 Å². The summed E-state index contributed by atoms with van der Waals surface area (Å²) in [5.74, 6) is 1.09. The lowest BCUT2D eigenvalue weighted by Crippen LogP contribution is -3.28. The first kappa shape index (κ1) is 18.1. The van der Waals surface area contributed by atoms with Gasteiger partial charge >= 0.3 is 0 Å². The molecule has 4 rings (SSSR count). The second kappa shape index (κ2) is 8.57. The van der Waals surface area contributed by atoms with Crippen molar-refractivity contribution in [3.63, 3.8) is 0 Å². The van der Waals surface area contributed by atoms with E-state index in [2.05, 4.69) is 55.5 Å². The summed E-state index contributed by atoms with van der Waals surface area (Å²) in [6, 6.07) is 18.6. The number of rotatable bonds is 5. The van der Waals surface area contributed by atoms with Gasteiger partial charge in [-0.15, -0.1) is 11.8 Å². The summed E-state index contributed by atoms with van der Waals surface area (Å²) in [6.07, 6.45) is 0. The molecular weight excluding hydrogens is 340 g/mol. The number of quaternary nitrogens is 2. The summed E-state index contributed by atoms with van der Waals surface area (Å²) in [5, 5.41) is 0. The fourth-order valence-corrected chi connectivity index (χ4v) is 5.49. The van der Waals surface area contributed by atoms with Crippen molar-refractivity contribution in [2.24, 2.45) is 0 Å². The van der Waals surface area contributed by atoms with Gasteiger partial charge in [-0.2, -0.15) is 0 Å². The molecule has 0 spiro atoms. The van der Waals surface area contributed by atoms with Crippen molar-refractivity contribution < 1.29 is 14.5 Å². The minimum atomic E-state index is 0.478. The van der Waals surface area contributed by atoms with Crippen LogP contribution in [-0.4, -0.2) is 45.9 Å². The Morgan fingerprint density at radius 3 is 2.50 bits per heavy atom. The number of hydrogen-bond acceptors (Lipinski definition) is 2. The Kier molecular flexibility index (Phi) is 5.95. The number of piperazine rings is 1. The second-order valence-corrected chi connectivity index (χ2v) is 8.33. The van der Waals surface area contributed by atoms with Gasteiger partial charge in [0.1, 0.15) is 38.8 Å². The molecule has 1 saturated heterocycles. The lowest BCUT2D eigenvalue weighted by Gasteiger charge is -2.35. The van der Waals surface area contributed by atoms with Crippen molar-refractivity contribution in [1.29, 1.82) is 0 Å². The van der Waals surface area contributed by atoms with E-state index in [9.17, 15) is 0 Å². The molecule has 138 valence electrons. The standard InChI is InChI=1S/C22H28N2OS/c1-2-25-16-15-23-11-13-24(14-12-23)22-19-8-4-3-7-18(19)17-26-21-10-6-5-9-20(21)22/h3-10,22H,2,11-17H2,1H3/p+2/t22-/m0/s1. The van der Waals surface area contributed by atoms with Gasteiger partial charge in [0.2, 0.25) is 0 Å². The van der Waals surface area contributed by atoms with Crippen LogP contribution in [-0.2, 0) is 10.5 Å². The Labute approximate surface area is 161 Å². The molecule has 2 N–H and O–H groups in total. The van der Waals surface area contributed by atoms with Gasteiger partial charge in [0.15, 0.2) is 0 Å². The Hall–Kier alpha value is -1.33. The molecule has 2 aliphatic heterocycles. The molecule has 1 atom stereocenters. The third-order valence-corrected chi connectivity index (χ3v) is 6.93. The fourth-order valence-electron chi connectivity index (χ4n) is 4.38. The summed E-state index contributed by atoms with van der Waals surface area (Å²) in [6.45, 7) is 9.92. The molecule has 0 saturated carbocycles. The van der Waals surface area contributed by atoms with Gasteiger partial charge in [0, 0.05) is 28.4 Å². The van der Waals surface area contributed by atoms with E-state index in [1.165, 1.54) is 47.8 Å². The highest BCUT2D eigenvalue weighted by molar-refractivity contribution is 7.98. The molecule has 0 radical (unpaired) electrons. The zero-order valence-corrected chi connectivity index (χ0v) is 16.5. The molecule has 26 heavy (non-hydrogen) atoms. The molecule has 2 heterocycles. The minimum absolute atomic E-state index is 0.478. The minimum Gasteiger partial charge on any atom is -0.376 e. The van der Waals surface area contributed by atoms with Gasteiger partial charge < -0.3 is 14.5 Å². The molecule has 4 heteroatoms. The Morgan fingerprint density at radius 1 is 0.962 bits per heavy atom. The van der Waals surface area contributed by atoms with Gasteiger partial charge in [0.05, 0.1) is 6.61 Å². The summed E-state index contributed by atoms with van der Waals surface area (Å²) < 4.78 is 5.56. The topological polar surface area (TPSA) is 18.1 Å². The third-order valence-electron chi connectivity index (χ3n) is 5.79. The van der Waals surface area contributed by atoms with Gasteiger partial charge in [0.25, 0.3) is 0 Å². The number of nitrogens with one attached hydrogen (secondary N) is 2. The zero-order chi connectivity index (χ0) is 17.8. The van der Waals surface area contributed by atoms with Crippen molar-refractivity contribution in [2.75, 3.05) is 45.9 Å². The van der Waals surface area contributed by atoms with Crippen LogP contribution in [0.2, 0.25) is 0 Å².